The van der Waals surface area contributed by atoms with Gasteiger partial charge in [0.25, 0.3) is 0 Å². The van der Waals surface area contributed by atoms with E-state index in [0.717, 1.165) is 5.56 Å². The molecular formula is C18H20N4O2. The van der Waals surface area contributed by atoms with Crippen molar-refractivity contribution in [2.45, 2.75) is 19.3 Å². The molecule has 6 nitrogen and oxygen atoms in total. The second kappa shape index (κ2) is 7.21. The molecule has 1 N–H and O–H groups in total. The quantitative estimate of drug-likeness (QED) is 0.934. The highest BCUT2D eigenvalue weighted by Gasteiger charge is 2.40. The van der Waals surface area contributed by atoms with Crippen LogP contribution in [0.3, 0.4) is 0 Å². The molecule has 0 radical (unpaired) electrons. The van der Waals surface area contributed by atoms with Crippen molar-refractivity contribution in [3.8, 4) is 0 Å². The number of nitrogens with one attached hydrogen (secondary N) is 1. The number of carbonyl (C=O) groups is 2. The van der Waals surface area contributed by atoms with E-state index < -0.39 is 0 Å². The highest BCUT2D eigenvalue weighted by atomic mass is 16.2. The molecule has 24 heavy (non-hydrogen) atoms. The summed E-state index contributed by atoms with van der Waals surface area (Å²) in [6.07, 6.45) is 5.55. The average molecular weight is 324 g/mol. The van der Waals surface area contributed by atoms with Gasteiger partial charge in [-0.25, -0.2) is 4.98 Å². The summed E-state index contributed by atoms with van der Waals surface area (Å²) in [6, 6.07) is 9.18. The number of anilines is 1. The van der Waals surface area contributed by atoms with Gasteiger partial charge in [-0.1, -0.05) is 19.1 Å². The van der Waals surface area contributed by atoms with Crippen molar-refractivity contribution in [2.24, 2.45) is 5.92 Å². The Morgan fingerprint density at radius 1 is 1.21 bits per heavy atom. The van der Waals surface area contributed by atoms with E-state index >= 15 is 0 Å². The molecule has 1 aliphatic heterocycles. The van der Waals surface area contributed by atoms with Crippen LogP contribution >= 0.6 is 0 Å². The predicted octanol–water partition coefficient (Wildman–Crippen LogP) is 2.07. The minimum absolute atomic E-state index is 0.0575. The highest BCUT2D eigenvalue weighted by Crippen LogP contribution is 2.33. The first-order valence-corrected chi connectivity index (χ1v) is 8.08. The van der Waals surface area contributed by atoms with E-state index in [1.165, 1.54) is 0 Å². The first kappa shape index (κ1) is 16.1. The second-order valence-electron chi connectivity index (χ2n) is 5.86. The van der Waals surface area contributed by atoms with E-state index in [1.807, 2.05) is 25.1 Å². The van der Waals surface area contributed by atoms with E-state index in [9.17, 15) is 9.59 Å². The summed E-state index contributed by atoms with van der Waals surface area (Å²) in [5.41, 5.74) is 0.977. The van der Waals surface area contributed by atoms with Gasteiger partial charge < -0.3 is 10.2 Å². The molecule has 0 aliphatic carbocycles. The van der Waals surface area contributed by atoms with Gasteiger partial charge in [0.1, 0.15) is 5.82 Å². The van der Waals surface area contributed by atoms with E-state index in [1.54, 1.807) is 35.6 Å². The Morgan fingerprint density at radius 2 is 2.08 bits per heavy atom. The van der Waals surface area contributed by atoms with Crippen molar-refractivity contribution in [1.82, 2.24) is 14.9 Å². The molecule has 0 aromatic carbocycles. The first-order valence-electron chi connectivity index (χ1n) is 8.08. The van der Waals surface area contributed by atoms with Gasteiger partial charge in [-0.2, -0.15) is 0 Å². The normalized spacial score (nSPS) is 20.0. The zero-order chi connectivity index (χ0) is 16.9. The third kappa shape index (κ3) is 3.42. The summed E-state index contributed by atoms with van der Waals surface area (Å²) < 4.78 is 0. The maximum atomic E-state index is 12.7. The molecule has 3 heterocycles. The lowest BCUT2D eigenvalue weighted by molar-refractivity contribution is -0.130. The fraction of sp³-hybridized carbons (Fsp3) is 0.333. The van der Waals surface area contributed by atoms with Crippen LogP contribution < -0.4 is 5.32 Å². The van der Waals surface area contributed by atoms with Gasteiger partial charge in [0, 0.05) is 44.0 Å². The number of nitrogens with zero attached hydrogens (tertiary/aromatic N) is 3. The lowest BCUT2D eigenvalue weighted by Crippen LogP contribution is -2.31. The van der Waals surface area contributed by atoms with Gasteiger partial charge in [-0.15, -0.1) is 0 Å². The van der Waals surface area contributed by atoms with E-state index in [0.29, 0.717) is 25.3 Å². The van der Waals surface area contributed by atoms with Crippen LogP contribution in [0.15, 0.2) is 48.9 Å². The van der Waals surface area contributed by atoms with Crippen LogP contribution in [0.4, 0.5) is 5.82 Å². The van der Waals surface area contributed by atoms with Crippen LogP contribution in [0.1, 0.15) is 24.8 Å². The number of carbonyl (C=O) groups excluding carboxylic acids is 2. The van der Waals surface area contributed by atoms with Crippen molar-refractivity contribution in [3.63, 3.8) is 0 Å². The number of pyridine rings is 2. The van der Waals surface area contributed by atoms with Crippen molar-refractivity contribution in [1.29, 1.82) is 0 Å². The molecule has 2 aromatic heterocycles. The molecule has 2 atom stereocenters. The van der Waals surface area contributed by atoms with Gasteiger partial charge in [0.2, 0.25) is 11.8 Å². The molecule has 2 aromatic rings. The number of aromatic nitrogens is 2. The summed E-state index contributed by atoms with van der Waals surface area (Å²) in [7, 11) is 0. The first-order chi connectivity index (χ1) is 11.7. The van der Waals surface area contributed by atoms with Crippen molar-refractivity contribution < 1.29 is 9.59 Å². The number of likely N-dealkylation sites (tertiary alicyclic amines) is 1. The fourth-order valence-corrected chi connectivity index (χ4v) is 3.09. The van der Waals surface area contributed by atoms with Gasteiger partial charge in [-0.05, 0) is 23.8 Å². The summed E-state index contributed by atoms with van der Waals surface area (Å²) >= 11 is 0. The standard InChI is InChI=1S/C18H20N4O2/c1-2-17(23)22-11-14(13-6-5-8-19-10-13)15(12-22)18(24)21-16-7-3-4-9-20-16/h3-10,14-15H,2,11-12H2,1H3,(H,20,21,24)/t14-,15?/m0/s1. The van der Waals surface area contributed by atoms with Crippen LogP contribution in [0.25, 0.3) is 0 Å². The van der Waals surface area contributed by atoms with Crippen molar-refractivity contribution >= 4 is 17.6 Å². The Labute approximate surface area is 140 Å². The van der Waals surface area contributed by atoms with E-state index in [-0.39, 0.29) is 23.7 Å². The number of hydrogen-bond donors (Lipinski definition) is 1. The Hall–Kier alpha value is -2.76. The molecule has 124 valence electrons. The Kier molecular flexibility index (Phi) is 4.84. The monoisotopic (exact) mass is 324 g/mol. The van der Waals surface area contributed by atoms with Crippen LogP contribution in [0.5, 0.6) is 0 Å². The Bertz CT molecular complexity index is 705. The molecule has 6 heteroatoms. The smallest absolute Gasteiger partial charge is 0.231 e. The molecule has 1 aliphatic rings. The van der Waals surface area contributed by atoms with Gasteiger partial charge >= 0.3 is 0 Å². The number of hydrogen-bond acceptors (Lipinski definition) is 4. The Morgan fingerprint density at radius 3 is 2.75 bits per heavy atom. The summed E-state index contributed by atoms with van der Waals surface area (Å²) in [6.45, 7) is 2.80. The number of amides is 2. The summed E-state index contributed by atoms with van der Waals surface area (Å²) in [5.74, 6) is 0.100. The summed E-state index contributed by atoms with van der Waals surface area (Å²) in [5, 5.41) is 2.85. The van der Waals surface area contributed by atoms with Crippen LogP contribution in [-0.4, -0.2) is 39.8 Å². The minimum atomic E-state index is -0.313. The van der Waals surface area contributed by atoms with Crippen LogP contribution in [-0.2, 0) is 9.59 Å². The molecule has 1 unspecified atom stereocenters. The van der Waals surface area contributed by atoms with Gasteiger partial charge in [-0.3, -0.25) is 14.6 Å². The maximum Gasteiger partial charge on any atom is 0.231 e. The zero-order valence-electron chi connectivity index (χ0n) is 13.6. The minimum Gasteiger partial charge on any atom is -0.341 e. The van der Waals surface area contributed by atoms with E-state index in [4.69, 9.17) is 0 Å². The fourth-order valence-electron chi connectivity index (χ4n) is 3.09. The van der Waals surface area contributed by atoms with Crippen LogP contribution in [0.2, 0.25) is 0 Å². The molecule has 2 amide bonds. The molecule has 0 bridgehead atoms. The molecule has 1 saturated heterocycles. The predicted molar refractivity (Wildman–Crippen MR) is 90.2 cm³/mol. The largest absolute Gasteiger partial charge is 0.341 e. The third-order valence-corrected chi connectivity index (χ3v) is 4.34. The summed E-state index contributed by atoms with van der Waals surface area (Å²) in [4.78, 5) is 34.9. The van der Waals surface area contributed by atoms with Gasteiger partial charge in [0.15, 0.2) is 0 Å². The maximum absolute atomic E-state index is 12.7. The number of rotatable bonds is 4. The van der Waals surface area contributed by atoms with Crippen molar-refractivity contribution in [2.75, 3.05) is 18.4 Å². The average Bonchev–Trinajstić information content (AvgIpc) is 3.08. The SMILES string of the molecule is CCC(=O)N1CC(C(=O)Nc2ccccn2)[C@H](c2cccnc2)C1. The topological polar surface area (TPSA) is 75.2 Å². The molecule has 3 rings (SSSR count). The van der Waals surface area contributed by atoms with Crippen molar-refractivity contribution in [3.05, 3.63) is 54.5 Å². The second-order valence-corrected chi connectivity index (χ2v) is 5.86. The lowest BCUT2D eigenvalue weighted by Gasteiger charge is -2.17. The third-order valence-electron chi connectivity index (χ3n) is 4.34. The van der Waals surface area contributed by atoms with E-state index in [2.05, 4.69) is 15.3 Å². The lowest BCUT2D eigenvalue weighted by atomic mass is 9.89. The molecule has 0 spiro atoms. The Balaban J connectivity index is 1.82. The molecule has 0 saturated carbocycles. The van der Waals surface area contributed by atoms with Crippen LogP contribution in [0, 0.1) is 5.92 Å². The van der Waals surface area contributed by atoms with Gasteiger partial charge in [0.05, 0.1) is 5.92 Å². The zero-order valence-corrected chi connectivity index (χ0v) is 13.6. The molecule has 1 fully saturated rings. The molecular weight excluding hydrogens is 304 g/mol. The highest BCUT2D eigenvalue weighted by molar-refractivity contribution is 5.93.